The van der Waals surface area contributed by atoms with Crippen LogP contribution in [0.1, 0.15) is 0 Å². The number of rotatable bonds is 2. The molecule has 0 aliphatic rings. The van der Waals surface area contributed by atoms with Crippen LogP contribution in [-0.2, 0) is 0 Å². The maximum atomic E-state index is 13.7. The van der Waals surface area contributed by atoms with Crippen molar-refractivity contribution >= 4 is 28.6 Å². The highest BCUT2D eigenvalue weighted by Gasteiger charge is 2.13. The number of aromatic nitrogens is 2. The van der Waals surface area contributed by atoms with E-state index in [1.807, 2.05) is 6.07 Å². The predicted octanol–water partition coefficient (Wildman–Crippen LogP) is 3.98. The molecule has 0 bridgehead atoms. The Kier molecular flexibility index (Phi) is 3.00. The van der Waals surface area contributed by atoms with E-state index < -0.39 is 0 Å². The van der Waals surface area contributed by atoms with E-state index in [1.165, 1.54) is 22.1 Å². The first-order valence-corrected chi connectivity index (χ1v) is 6.70. The molecule has 2 heterocycles. The van der Waals surface area contributed by atoms with E-state index in [1.54, 1.807) is 30.5 Å². The summed E-state index contributed by atoms with van der Waals surface area (Å²) in [6, 6.07) is 10.0. The Bertz CT molecular complexity index is 735. The Morgan fingerprint density at radius 3 is 2.68 bits per heavy atom. The molecule has 0 aliphatic carbocycles. The van der Waals surface area contributed by atoms with Gasteiger partial charge in [0.05, 0.1) is 21.1 Å². The number of para-hydroxylation sites is 1. The van der Waals surface area contributed by atoms with Gasteiger partial charge in [0, 0.05) is 0 Å². The van der Waals surface area contributed by atoms with Crippen LogP contribution in [0.2, 0.25) is 4.34 Å². The van der Waals surface area contributed by atoms with Crippen LogP contribution in [0.5, 0.6) is 0 Å². The van der Waals surface area contributed by atoms with Gasteiger partial charge in [-0.2, -0.15) is 5.10 Å². The zero-order valence-electron chi connectivity index (χ0n) is 9.68. The minimum atomic E-state index is -0.347. The highest BCUT2D eigenvalue weighted by Crippen LogP contribution is 2.33. The molecule has 3 aromatic rings. The molecule has 2 N–H and O–H groups in total. The van der Waals surface area contributed by atoms with Crippen LogP contribution in [0.25, 0.3) is 16.3 Å². The third-order valence-corrected chi connectivity index (χ3v) is 3.89. The molecule has 3 nitrogen and oxygen atoms in total. The number of nitrogen functional groups attached to an aromatic ring is 1. The van der Waals surface area contributed by atoms with Gasteiger partial charge >= 0.3 is 0 Å². The maximum absolute atomic E-state index is 13.7. The van der Waals surface area contributed by atoms with Crippen LogP contribution in [0, 0.1) is 5.82 Å². The van der Waals surface area contributed by atoms with E-state index >= 15 is 0 Å². The summed E-state index contributed by atoms with van der Waals surface area (Å²) in [5, 5.41) is 4.33. The average Bonchev–Trinajstić information content (AvgIpc) is 2.96. The summed E-state index contributed by atoms with van der Waals surface area (Å²) >= 11 is 7.28. The van der Waals surface area contributed by atoms with Crippen molar-refractivity contribution in [3.05, 3.63) is 52.7 Å². The highest BCUT2D eigenvalue weighted by molar-refractivity contribution is 7.19. The summed E-state index contributed by atoms with van der Waals surface area (Å²) in [7, 11) is 0. The van der Waals surface area contributed by atoms with Crippen molar-refractivity contribution in [2.75, 3.05) is 5.73 Å². The minimum Gasteiger partial charge on any atom is -0.396 e. The molecule has 6 heteroatoms. The number of anilines is 1. The normalized spacial score (nSPS) is 10.8. The Hall–Kier alpha value is -1.85. The first-order chi connectivity index (χ1) is 9.15. The lowest BCUT2D eigenvalue weighted by atomic mass is 10.3. The van der Waals surface area contributed by atoms with Gasteiger partial charge in [0.2, 0.25) is 0 Å². The number of halogens is 2. The van der Waals surface area contributed by atoms with Crippen molar-refractivity contribution in [3.63, 3.8) is 0 Å². The second-order valence-corrected chi connectivity index (χ2v) is 5.65. The maximum Gasteiger partial charge on any atom is 0.148 e. The van der Waals surface area contributed by atoms with E-state index in [0.717, 1.165) is 4.88 Å². The van der Waals surface area contributed by atoms with Crippen molar-refractivity contribution in [2.24, 2.45) is 0 Å². The first kappa shape index (κ1) is 12.2. The van der Waals surface area contributed by atoms with Gasteiger partial charge in [-0.25, -0.2) is 9.07 Å². The molecule has 0 unspecified atom stereocenters. The fraction of sp³-hybridized carbons (Fsp3) is 0. The lowest BCUT2D eigenvalue weighted by Gasteiger charge is -2.01. The summed E-state index contributed by atoms with van der Waals surface area (Å²) in [4.78, 5) is 0.859. The minimum absolute atomic E-state index is 0.347. The van der Waals surface area contributed by atoms with E-state index in [4.69, 9.17) is 17.3 Å². The smallest absolute Gasteiger partial charge is 0.148 e. The lowest BCUT2D eigenvalue weighted by molar-refractivity contribution is 0.611. The summed E-state index contributed by atoms with van der Waals surface area (Å²) in [6.07, 6.45) is 1.60. The van der Waals surface area contributed by atoms with Gasteiger partial charge in [-0.05, 0) is 24.3 Å². The van der Waals surface area contributed by atoms with Crippen LogP contribution in [0.4, 0.5) is 10.1 Å². The molecular formula is C13H9ClFN3S. The van der Waals surface area contributed by atoms with Gasteiger partial charge < -0.3 is 5.73 Å². The third-order valence-electron chi connectivity index (χ3n) is 2.65. The molecule has 0 fully saturated rings. The number of hydrogen-bond donors (Lipinski definition) is 1. The molecule has 0 aliphatic heterocycles. The summed E-state index contributed by atoms with van der Waals surface area (Å²) < 4.78 is 15.8. The molecule has 0 atom stereocenters. The average molecular weight is 294 g/mol. The number of thiophene rings is 1. The zero-order valence-corrected chi connectivity index (χ0v) is 11.2. The van der Waals surface area contributed by atoms with Crippen molar-refractivity contribution < 1.29 is 4.39 Å². The van der Waals surface area contributed by atoms with Gasteiger partial charge in [-0.15, -0.1) is 11.3 Å². The molecule has 0 spiro atoms. The van der Waals surface area contributed by atoms with Gasteiger partial charge in [0.15, 0.2) is 0 Å². The Balaban J connectivity index is 2.10. The number of nitrogens with zero attached hydrogens (tertiary/aromatic N) is 2. The van der Waals surface area contributed by atoms with Crippen molar-refractivity contribution in [3.8, 4) is 16.3 Å². The van der Waals surface area contributed by atoms with Gasteiger partial charge in [0.1, 0.15) is 17.2 Å². The topological polar surface area (TPSA) is 43.8 Å². The summed E-state index contributed by atoms with van der Waals surface area (Å²) in [6.45, 7) is 0. The Labute approximate surface area is 118 Å². The predicted molar refractivity (Wildman–Crippen MR) is 76.3 cm³/mol. The van der Waals surface area contributed by atoms with E-state index in [9.17, 15) is 4.39 Å². The van der Waals surface area contributed by atoms with E-state index in [0.29, 0.717) is 21.4 Å². The fourth-order valence-corrected chi connectivity index (χ4v) is 2.83. The van der Waals surface area contributed by atoms with Crippen molar-refractivity contribution in [1.29, 1.82) is 0 Å². The van der Waals surface area contributed by atoms with Crippen molar-refractivity contribution in [2.45, 2.75) is 0 Å². The zero-order chi connectivity index (χ0) is 13.4. The SMILES string of the molecule is Nc1cn(-c2ccccc2F)nc1-c1ccc(Cl)s1. The van der Waals surface area contributed by atoms with Gasteiger partial charge in [-0.1, -0.05) is 23.7 Å². The summed E-state index contributed by atoms with van der Waals surface area (Å²) in [5.74, 6) is -0.347. The number of benzene rings is 1. The number of hydrogen-bond acceptors (Lipinski definition) is 3. The molecular weight excluding hydrogens is 285 g/mol. The quantitative estimate of drug-likeness (QED) is 0.777. The molecule has 0 amide bonds. The molecule has 0 saturated carbocycles. The van der Waals surface area contributed by atoms with Gasteiger partial charge in [0.25, 0.3) is 0 Å². The van der Waals surface area contributed by atoms with Crippen LogP contribution < -0.4 is 5.73 Å². The molecule has 0 saturated heterocycles. The standard InChI is InChI=1S/C13H9ClFN3S/c14-12-6-5-11(19-12)13-9(16)7-18(17-13)10-4-2-1-3-8(10)15/h1-7H,16H2. The van der Waals surface area contributed by atoms with Crippen LogP contribution >= 0.6 is 22.9 Å². The summed E-state index contributed by atoms with van der Waals surface area (Å²) in [5.41, 5.74) is 7.39. The largest absolute Gasteiger partial charge is 0.396 e. The second-order valence-electron chi connectivity index (χ2n) is 3.93. The lowest BCUT2D eigenvalue weighted by Crippen LogP contribution is -1.97. The molecule has 96 valence electrons. The Morgan fingerprint density at radius 1 is 1.21 bits per heavy atom. The van der Waals surface area contributed by atoms with Crippen LogP contribution in [-0.4, -0.2) is 9.78 Å². The van der Waals surface area contributed by atoms with Crippen LogP contribution in [0.3, 0.4) is 0 Å². The van der Waals surface area contributed by atoms with E-state index in [2.05, 4.69) is 5.10 Å². The first-order valence-electron chi connectivity index (χ1n) is 5.51. The van der Waals surface area contributed by atoms with Gasteiger partial charge in [-0.3, -0.25) is 0 Å². The molecule has 1 aromatic carbocycles. The monoisotopic (exact) mass is 293 g/mol. The number of nitrogens with two attached hydrogens (primary N) is 1. The Morgan fingerprint density at radius 2 is 2.00 bits per heavy atom. The highest BCUT2D eigenvalue weighted by atomic mass is 35.5. The molecule has 3 rings (SSSR count). The fourth-order valence-electron chi connectivity index (χ4n) is 1.78. The molecule has 19 heavy (non-hydrogen) atoms. The molecule has 2 aromatic heterocycles. The third kappa shape index (κ3) is 2.22. The van der Waals surface area contributed by atoms with Crippen molar-refractivity contribution in [1.82, 2.24) is 9.78 Å². The molecule has 0 radical (unpaired) electrons. The van der Waals surface area contributed by atoms with Crippen LogP contribution in [0.15, 0.2) is 42.6 Å². The second kappa shape index (κ2) is 4.68. The van der Waals surface area contributed by atoms with E-state index in [-0.39, 0.29) is 5.82 Å².